The van der Waals surface area contributed by atoms with Crippen molar-refractivity contribution < 1.29 is 14.3 Å². The van der Waals surface area contributed by atoms with Crippen molar-refractivity contribution in [3.8, 4) is 5.88 Å². The molecule has 0 atom stereocenters. The van der Waals surface area contributed by atoms with Gasteiger partial charge in [0.25, 0.3) is 0 Å². The minimum atomic E-state index is -0.484. The third-order valence-corrected chi connectivity index (χ3v) is 4.52. The van der Waals surface area contributed by atoms with Gasteiger partial charge in [0.2, 0.25) is 5.88 Å². The molecule has 0 unspecified atom stereocenters. The molecule has 156 valence electrons. The zero-order valence-electron chi connectivity index (χ0n) is 17.1. The number of carbonyl (C=O) groups excluding carboxylic acids is 1. The second-order valence-electron chi connectivity index (χ2n) is 7.69. The molecule has 2 aromatic heterocycles. The summed E-state index contributed by atoms with van der Waals surface area (Å²) in [7, 11) is 1.55. The Morgan fingerprint density at radius 1 is 1.14 bits per heavy atom. The first-order chi connectivity index (χ1) is 13.7. The fourth-order valence-corrected chi connectivity index (χ4v) is 3.10. The highest BCUT2D eigenvalue weighted by molar-refractivity contribution is 6.30. The Bertz CT molecular complexity index is 846. The van der Waals surface area contributed by atoms with E-state index < -0.39 is 5.60 Å². The van der Waals surface area contributed by atoms with Crippen LogP contribution in [0, 0.1) is 0 Å². The van der Waals surface area contributed by atoms with Gasteiger partial charge in [-0.15, -0.1) is 0 Å². The summed E-state index contributed by atoms with van der Waals surface area (Å²) < 4.78 is 10.7. The number of amides is 1. The van der Waals surface area contributed by atoms with Gasteiger partial charge in [0.15, 0.2) is 0 Å². The minimum Gasteiger partial charge on any atom is -0.480 e. The van der Waals surface area contributed by atoms with E-state index in [1.54, 1.807) is 24.3 Å². The monoisotopic (exact) mass is 419 g/mol. The van der Waals surface area contributed by atoms with Gasteiger partial charge in [0.1, 0.15) is 17.1 Å². The topological polar surface area (TPSA) is 79.8 Å². The van der Waals surface area contributed by atoms with E-state index in [1.165, 1.54) is 6.20 Å². The number of carbonyl (C=O) groups is 1. The van der Waals surface area contributed by atoms with Gasteiger partial charge in [-0.3, -0.25) is 0 Å². The lowest BCUT2D eigenvalue weighted by Crippen LogP contribution is -2.50. The van der Waals surface area contributed by atoms with Crippen molar-refractivity contribution in [3.63, 3.8) is 0 Å². The van der Waals surface area contributed by atoms with Gasteiger partial charge in [-0.25, -0.2) is 14.8 Å². The van der Waals surface area contributed by atoms with Crippen LogP contribution < -0.4 is 15.0 Å². The van der Waals surface area contributed by atoms with Crippen LogP contribution in [0.1, 0.15) is 20.8 Å². The zero-order valence-corrected chi connectivity index (χ0v) is 17.9. The molecule has 3 heterocycles. The lowest BCUT2D eigenvalue weighted by molar-refractivity contribution is 0.0240. The summed E-state index contributed by atoms with van der Waals surface area (Å²) >= 11 is 6.01. The number of ether oxygens (including phenoxy) is 2. The first-order valence-corrected chi connectivity index (χ1v) is 9.78. The molecule has 1 amide bonds. The van der Waals surface area contributed by atoms with Crippen molar-refractivity contribution >= 4 is 34.9 Å². The van der Waals surface area contributed by atoms with Gasteiger partial charge in [0.05, 0.1) is 24.0 Å². The number of nitrogens with zero attached hydrogens (tertiary/aromatic N) is 4. The molecule has 0 bridgehead atoms. The molecule has 0 aliphatic carbocycles. The van der Waals surface area contributed by atoms with E-state index in [0.717, 1.165) is 18.8 Å². The molecule has 1 fully saturated rings. The molecule has 1 aliphatic rings. The highest BCUT2D eigenvalue weighted by atomic mass is 35.5. The number of methoxy groups -OCH3 is 1. The normalized spacial score (nSPS) is 14.5. The largest absolute Gasteiger partial charge is 0.480 e. The van der Waals surface area contributed by atoms with Gasteiger partial charge in [-0.1, -0.05) is 11.6 Å². The average molecular weight is 420 g/mol. The second kappa shape index (κ2) is 8.73. The number of hydrogen-bond donors (Lipinski definition) is 1. The molecule has 0 aromatic carbocycles. The van der Waals surface area contributed by atoms with Crippen LogP contribution in [0.25, 0.3) is 0 Å². The van der Waals surface area contributed by atoms with E-state index >= 15 is 0 Å². The molecule has 8 nitrogen and oxygen atoms in total. The fraction of sp³-hybridized carbons (Fsp3) is 0.450. The number of halogens is 1. The van der Waals surface area contributed by atoms with Gasteiger partial charge < -0.3 is 24.6 Å². The first kappa shape index (κ1) is 21.0. The summed E-state index contributed by atoms with van der Waals surface area (Å²) in [6.07, 6.45) is 3.06. The SMILES string of the molecule is COc1ncc(Cl)cc1Nc1ccc(N2CCN(C(=O)OC(C)(C)C)CC2)cn1. The number of pyridine rings is 2. The smallest absolute Gasteiger partial charge is 0.410 e. The van der Waals surface area contributed by atoms with Gasteiger partial charge in [-0.2, -0.15) is 0 Å². The number of aromatic nitrogens is 2. The van der Waals surface area contributed by atoms with Crippen LogP contribution in [0.15, 0.2) is 30.6 Å². The second-order valence-corrected chi connectivity index (χ2v) is 8.13. The van der Waals surface area contributed by atoms with Crippen LogP contribution in [-0.2, 0) is 4.74 Å². The van der Waals surface area contributed by atoms with Crippen LogP contribution in [-0.4, -0.2) is 59.9 Å². The summed E-state index contributed by atoms with van der Waals surface area (Å²) in [5, 5.41) is 3.67. The van der Waals surface area contributed by atoms with Crippen molar-refractivity contribution in [2.75, 3.05) is 43.5 Å². The summed E-state index contributed by atoms with van der Waals surface area (Å²) in [6, 6.07) is 5.61. The molecule has 2 aromatic rings. The molecule has 1 saturated heterocycles. The van der Waals surface area contributed by atoms with E-state index in [4.69, 9.17) is 21.1 Å². The third kappa shape index (κ3) is 5.63. The summed E-state index contributed by atoms with van der Waals surface area (Å²) in [6.45, 7) is 8.28. The van der Waals surface area contributed by atoms with E-state index in [0.29, 0.717) is 35.5 Å². The van der Waals surface area contributed by atoms with Crippen LogP contribution in [0.2, 0.25) is 5.02 Å². The fourth-order valence-electron chi connectivity index (χ4n) is 2.94. The van der Waals surface area contributed by atoms with Crippen molar-refractivity contribution in [2.24, 2.45) is 0 Å². The van der Waals surface area contributed by atoms with Gasteiger partial charge in [0, 0.05) is 32.4 Å². The number of rotatable bonds is 4. The maximum atomic E-state index is 12.2. The maximum Gasteiger partial charge on any atom is 0.410 e. The predicted octanol–water partition coefficient (Wildman–Crippen LogP) is 3.94. The predicted molar refractivity (Wildman–Crippen MR) is 113 cm³/mol. The number of nitrogens with one attached hydrogen (secondary N) is 1. The summed E-state index contributed by atoms with van der Waals surface area (Å²) in [4.78, 5) is 24.7. The average Bonchev–Trinajstić information content (AvgIpc) is 2.68. The minimum absolute atomic E-state index is 0.265. The van der Waals surface area contributed by atoms with Gasteiger partial charge in [-0.05, 0) is 39.0 Å². The summed E-state index contributed by atoms with van der Waals surface area (Å²) in [5.74, 6) is 1.10. The molecule has 1 aliphatic heterocycles. The Balaban J connectivity index is 1.59. The first-order valence-electron chi connectivity index (χ1n) is 9.40. The van der Waals surface area contributed by atoms with Crippen molar-refractivity contribution in [1.82, 2.24) is 14.9 Å². The molecular weight excluding hydrogens is 394 g/mol. The zero-order chi connectivity index (χ0) is 21.0. The molecule has 0 radical (unpaired) electrons. The Kier molecular flexibility index (Phi) is 6.32. The molecule has 9 heteroatoms. The van der Waals surface area contributed by atoms with Crippen LogP contribution in [0.3, 0.4) is 0 Å². The molecule has 1 N–H and O–H groups in total. The maximum absolute atomic E-state index is 12.2. The number of anilines is 3. The van der Waals surface area contributed by atoms with Gasteiger partial charge >= 0.3 is 6.09 Å². The molecule has 0 spiro atoms. The van der Waals surface area contributed by atoms with Crippen LogP contribution >= 0.6 is 11.6 Å². The Hall–Kier alpha value is -2.74. The van der Waals surface area contributed by atoms with Crippen molar-refractivity contribution in [3.05, 3.63) is 35.6 Å². The van der Waals surface area contributed by atoms with E-state index in [9.17, 15) is 4.79 Å². The van der Waals surface area contributed by atoms with Crippen LogP contribution in [0.4, 0.5) is 22.0 Å². The number of piperazine rings is 1. The molecule has 3 rings (SSSR count). The lowest BCUT2D eigenvalue weighted by Gasteiger charge is -2.36. The standard InChI is InChI=1S/C20H26ClN5O3/c1-20(2,3)29-19(27)26-9-7-25(8-10-26)15-5-6-17(22-13-15)24-16-11-14(21)12-23-18(16)28-4/h5-6,11-13H,7-10H2,1-4H3,(H,22,24). The Morgan fingerprint density at radius 3 is 2.45 bits per heavy atom. The Labute approximate surface area is 175 Å². The molecular formula is C20H26ClN5O3. The number of hydrogen-bond acceptors (Lipinski definition) is 7. The summed E-state index contributed by atoms with van der Waals surface area (Å²) in [5.41, 5.74) is 1.16. The van der Waals surface area contributed by atoms with Crippen molar-refractivity contribution in [2.45, 2.75) is 26.4 Å². The molecule has 29 heavy (non-hydrogen) atoms. The van der Waals surface area contributed by atoms with E-state index in [-0.39, 0.29) is 6.09 Å². The highest BCUT2D eigenvalue weighted by Gasteiger charge is 2.26. The lowest BCUT2D eigenvalue weighted by atomic mass is 10.2. The molecule has 0 saturated carbocycles. The van der Waals surface area contributed by atoms with E-state index in [2.05, 4.69) is 20.2 Å². The highest BCUT2D eigenvalue weighted by Crippen LogP contribution is 2.28. The van der Waals surface area contributed by atoms with Crippen molar-refractivity contribution in [1.29, 1.82) is 0 Å². The quantitative estimate of drug-likeness (QED) is 0.803. The third-order valence-electron chi connectivity index (χ3n) is 4.32. The van der Waals surface area contributed by atoms with Crippen LogP contribution in [0.5, 0.6) is 5.88 Å². The van der Waals surface area contributed by atoms with E-state index in [1.807, 2.05) is 32.9 Å². The Morgan fingerprint density at radius 2 is 1.86 bits per heavy atom.